The summed E-state index contributed by atoms with van der Waals surface area (Å²) in [5.74, 6) is 0.272. The smallest absolute Gasteiger partial charge is 0.338 e. The highest BCUT2D eigenvalue weighted by molar-refractivity contribution is 6.18. The molecule has 5 heteroatoms. The van der Waals surface area contributed by atoms with Crippen molar-refractivity contribution in [3.8, 4) is 0 Å². The predicted octanol–water partition coefficient (Wildman–Crippen LogP) is 4.71. The summed E-state index contributed by atoms with van der Waals surface area (Å²) in [7, 11) is 0. The quantitative estimate of drug-likeness (QED) is 0.419. The molecule has 0 spiro atoms. The first kappa shape index (κ1) is 25.2. The number of alkyl halides is 1. The number of carbonyl (C=O) groups excluding carboxylic acids is 1. The van der Waals surface area contributed by atoms with Crippen molar-refractivity contribution >= 4 is 17.6 Å². The Morgan fingerprint density at radius 1 is 1.32 bits per heavy atom. The number of esters is 1. The third-order valence-electron chi connectivity index (χ3n) is 3.01. The van der Waals surface area contributed by atoms with Gasteiger partial charge in [0.15, 0.2) is 0 Å². The van der Waals surface area contributed by atoms with Crippen molar-refractivity contribution in [1.29, 1.82) is 0 Å². The van der Waals surface area contributed by atoms with Crippen LogP contribution in [0.4, 0.5) is 0 Å². The van der Waals surface area contributed by atoms with E-state index in [9.17, 15) is 4.79 Å². The Morgan fingerprint density at radius 2 is 1.84 bits per heavy atom. The minimum absolute atomic E-state index is 0.0833. The van der Waals surface area contributed by atoms with Crippen molar-refractivity contribution in [1.82, 2.24) is 4.90 Å². The van der Waals surface area contributed by atoms with Crippen LogP contribution in [-0.4, -0.2) is 35.1 Å². The molecule has 1 heterocycles. The summed E-state index contributed by atoms with van der Waals surface area (Å²) in [4.78, 5) is 13.7. The molecule has 1 aliphatic heterocycles. The van der Waals surface area contributed by atoms with Crippen LogP contribution in [0, 0.1) is 0 Å². The average molecular weight is 368 g/mol. The largest absolute Gasteiger partial charge is 0.462 e. The molecule has 0 aromatic heterocycles. The Bertz CT molecular complexity index is 525. The summed E-state index contributed by atoms with van der Waals surface area (Å²) in [6.07, 6.45) is 7.32. The Kier molecular flexibility index (Phi) is 15.6. The van der Waals surface area contributed by atoms with Crippen molar-refractivity contribution in [3.05, 3.63) is 73.3 Å². The average Bonchev–Trinajstić information content (AvgIpc) is 2.63. The van der Waals surface area contributed by atoms with Gasteiger partial charge >= 0.3 is 5.97 Å². The summed E-state index contributed by atoms with van der Waals surface area (Å²) in [6, 6.07) is 0. The summed E-state index contributed by atoms with van der Waals surface area (Å²) in [5.41, 5.74) is 3.17. The van der Waals surface area contributed by atoms with E-state index in [1.807, 2.05) is 25.7 Å². The van der Waals surface area contributed by atoms with Crippen molar-refractivity contribution in [3.63, 3.8) is 0 Å². The lowest BCUT2D eigenvalue weighted by atomic mass is 10.00. The number of hydrogen-bond acceptors (Lipinski definition) is 4. The standard InChI is InChI=1S/C14H19NO2.C3H5Cl.C3H6O/c1-6-8-17-14(16)13-9-10(3)15(7-2)12(5)11(13)4;2*1-2-3-4/h7,9H,2-3,6,8H2,1,4-5H3;2H,1,3H2;2,4H,1,3H2. The van der Waals surface area contributed by atoms with E-state index in [1.54, 1.807) is 18.4 Å². The van der Waals surface area contributed by atoms with Crippen molar-refractivity contribution in [2.45, 2.75) is 27.2 Å². The van der Waals surface area contributed by atoms with E-state index in [1.165, 1.54) is 6.08 Å². The topological polar surface area (TPSA) is 49.8 Å². The van der Waals surface area contributed by atoms with Crippen molar-refractivity contribution in [2.75, 3.05) is 19.1 Å². The zero-order chi connectivity index (χ0) is 19.8. The minimum atomic E-state index is -0.284. The zero-order valence-corrected chi connectivity index (χ0v) is 16.3. The van der Waals surface area contributed by atoms with E-state index in [-0.39, 0.29) is 12.6 Å². The maximum atomic E-state index is 11.8. The minimum Gasteiger partial charge on any atom is -0.462 e. The lowest BCUT2D eigenvalue weighted by Crippen LogP contribution is -2.22. The Morgan fingerprint density at radius 3 is 2.20 bits per heavy atom. The highest BCUT2D eigenvalue weighted by Crippen LogP contribution is 2.28. The van der Waals surface area contributed by atoms with Gasteiger partial charge in [0.1, 0.15) is 0 Å². The third-order valence-corrected chi connectivity index (χ3v) is 3.22. The first-order valence-electron chi connectivity index (χ1n) is 7.92. The fourth-order valence-electron chi connectivity index (χ4n) is 1.67. The van der Waals surface area contributed by atoms with E-state index < -0.39 is 0 Å². The van der Waals surface area contributed by atoms with Crippen LogP contribution < -0.4 is 0 Å². The van der Waals surface area contributed by atoms with Crippen LogP contribution in [0.5, 0.6) is 0 Å². The van der Waals surface area contributed by atoms with Gasteiger partial charge in [0.05, 0.1) is 18.8 Å². The normalized spacial score (nSPS) is 12.8. The van der Waals surface area contributed by atoms with E-state index >= 15 is 0 Å². The highest BCUT2D eigenvalue weighted by Gasteiger charge is 2.22. The number of ether oxygens (including phenoxy) is 1. The summed E-state index contributed by atoms with van der Waals surface area (Å²) < 4.78 is 5.14. The number of aliphatic hydroxyl groups is 1. The van der Waals surface area contributed by atoms with Gasteiger partial charge in [0, 0.05) is 23.5 Å². The molecule has 0 fully saturated rings. The SMILES string of the molecule is C=CCCl.C=CCO.C=CN1C(=C)C=C(C(=O)OCCC)C(C)=C1C. The molecular formula is C20H30ClNO3. The Balaban J connectivity index is 0. The van der Waals surface area contributed by atoms with Crippen LogP contribution in [-0.2, 0) is 9.53 Å². The van der Waals surface area contributed by atoms with Crippen LogP contribution in [0.2, 0.25) is 0 Å². The molecule has 140 valence electrons. The highest BCUT2D eigenvalue weighted by atomic mass is 35.5. The molecule has 1 rings (SSSR count). The number of aliphatic hydroxyl groups excluding tert-OH is 1. The lowest BCUT2D eigenvalue weighted by Gasteiger charge is -2.28. The van der Waals surface area contributed by atoms with E-state index in [0.717, 1.165) is 23.4 Å². The van der Waals surface area contributed by atoms with Gasteiger partial charge in [0.25, 0.3) is 0 Å². The molecule has 0 radical (unpaired) electrons. The zero-order valence-electron chi connectivity index (χ0n) is 15.6. The summed E-state index contributed by atoms with van der Waals surface area (Å²) >= 11 is 5.07. The molecule has 0 aliphatic carbocycles. The first-order chi connectivity index (χ1) is 11.9. The number of rotatable bonds is 6. The number of allylic oxidation sites excluding steroid dienone is 3. The fourth-order valence-corrected chi connectivity index (χ4v) is 1.67. The van der Waals surface area contributed by atoms with Gasteiger partial charge in [-0.25, -0.2) is 4.79 Å². The molecule has 1 aliphatic rings. The number of halogens is 1. The third kappa shape index (κ3) is 9.75. The molecule has 1 N–H and O–H groups in total. The van der Waals surface area contributed by atoms with Crippen LogP contribution in [0.1, 0.15) is 27.2 Å². The second-order valence-electron chi connectivity index (χ2n) is 4.86. The van der Waals surface area contributed by atoms with E-state index in [2.05, 4.69) is 26.3 Å². The maximum absolute atomic E-state index is 11.8. The van der Waals surface area contributed by atoms with Gasteiger partial charge in [0.2, 0.25) is 0 Å². The molecule has 25 heavy (non-hydrogen) atoms. The van der Waals surface area contributed by atoms with E-state index in [0.29, 0.717) is 18.1 Å². The molecule has 4 nitrogen and oxygen atoms in total. The molecule has 0 amide bonds. The molecule has 0 aromatic rings. The van der Waals surface area contributed by atoms with Gasteiger partial charge < -0.3 is 14.7 Å². The van der Waals surface area contributed by atoms with Crippen LogP contribution in [0.3, 0.4) is 0 Å². The molecule has 0 saturated carbocycles. The van der Waals surface area contributed by atoms with Gasteiger partial charge in [-0.1, -0.05) is 32.2 Å². The molecule has 0 atom stereocenters. The molecular weight excluding hydrogens is 338 g/mol. The first-order valence-corrected chi connectivity index (χ1v) is 8.45. The lowest BCUT2D eigenvalue weighted by molar-refractivity contribution is -0.138. The van der Waals surface area contributed by atoms with Gasteiger partial charge in [-0.3, -0.25) is 0 Å². The van der Waals surface area contributed by atoms with Crippen LogP contribution in [0.25, 0.3) is 0 Å². The van der Waals surface area contributed by atoms with E-state index in [4.69, 9.17) is 21.4 Å². The van der Waals surface area contributed by atoms with Crippen LogP contribution in [0.15, 0.2) is 73.3 Å². The molecule has 0 saturated heterocycles. The molecule has 0 unspecified atom stereocenters. The monoisotopic (exact) mass is 367 g/mol. The molecule has 0 aromatic carbocycles. The molecule has 0 bridgehead atoms. The van der Waals surface area contributed by atoms with Gasteiger partial charge in [-0.15, -0.1) is 24.8 Å². The van der Waals surface area contributed by atoms with Crippen molar-refractivity contribution in [2.24, 2.45) is 0 Å². The second-order valence-corrected chi connectivity index (χ2v) is 5.17. The predicted molar refractivity (Wildman–Crippen MR) is 107 cm³/mol. The van der Waals surface area contributed by atoms with Gasteiger partial charge in [-0.05, 0) is 31.9 Å². The van der Waals surface area contributed by atoms with Gasteiger partial charge in [-0.2, -0.15) is 0 Å². The Hall–Kier alpha value is -2.04. The number of carbonyl (C=O) groups is 1. The maximum Gasteiger partial charge on any atom is 0.338 e. The second kappa shape index (κ2) is 15.5. The number of nitrogens with zero attached hydrogens (tertiary/aromatic N) is 1. The van der Waals surface area contributed by atoms with Crippen molar-refractivity contribution < 1.29 is 14.6 Å². The fraction of sp³-hybridized carbons (Fsp3) is 0.350. The number of hydrogen-bond donors (Lipinski definition) is 1. The summed E-state index contributed by atoms with van der Waals surface area (Å²) in [5, 5.41) is 7.76. The Labute approximate surface area is 157 Å². The summed E-state index contributed by atoms with van der Waals surface area (Å²) in [6.45, 7) is 20.5. The van der Waals surface area contributed by atoms with Crippen LogP contribution >= 0.6 is 11.6 Å².